The molecule has 3 rings (SSSR count). The zero-order chi connectivity index (χ0) is 13.4. The molecule has 1 heterocycles. The van der Waals surface area contributed by atoms with Gasteiger partial charge in [-0.2, -0.15) is 0 Å². The monoisotopic (exact) mass is 317 g/mol. The van der Waals surface area contributed by atoms with Gasteiger partial charge in [-0.1, -0.05) is 34.1 Å². The van der Waals surface area contributed by atoms with Crippen LogP contribution < -0.4 is 10.1 Å². The molecule has 1 aliphatic heterocycles. The van der Waals surface area contributed by atoms with Gasteiger partial charge in [0.25, 0.3) is 0 Å². The van der Waals surface area contributed by atoms with Crippen molar-refractivity contribution in [2.75, 3.05) is 11.9 Å². The van der Waals surface area contributed by atoms with E-state index in [0.717, 1.165) is 22.5 Å². The second kappa shape index (κ2) is 4.89. The molecule has 0 saturated carbocycles. The first-order valence-electron chi connectivity index (χ1n) is 6.44. The van der Waals surface area contributed by atoms with Crippen LogP contribution in [0, 0.1) is 6.92 Å². The Bertz CT molecular complexity index is 624. The molecule has 98 valence electrons. The Balaban J connectivity index is 2.00. The van der Waals surface area contributed by atoms with E-state index in [-0.39, 0.29) is 6.10 Å². The van der Waals surface area contributed by atoms with Gasteiger partial charge in [0, 0.05) is 4.47 Å². The van der Waals surface area contributed by atoms with Gasteiger partial charge in [-0.05, 0) is 48.7 Å². The van der Waals surface area contributed by atoms with Crippen LogP contribution in [0.3, 0.4) is 0 Å². The quantitative estimate of drug-likeness (QED) is 0.828. The number of anilines is 1. The molecule has 1 atom stereocenters. The fourth-order valence-corrected chi connectivity index (χ4v) is 2.61. The minimum atomic E-state index is 0.229. The van der Waals surface area contributed by atoms with Crippen LogP contribution >= 0.6 is 15.9 Å². The molecular formula is C16H16BrNO. The van der Waals surface area contributed by atoms with Gasteiger partial charge in [0.15, 0.2) is 0 Å². The van der Waals surface area contributed by atoms with Crippen molar-refractivity contribution in [1.82, 2.24) is 0 Å². The summed E-state index contributed by atoms with van der Waals surface area (Å²) in [6.07, 6.45) is 0.229. The van der Waals surface area contributed by atoms with Crippen molar-refractivity contribution in [2.45, 2.75) is 20.0 Å². The number of aryl methyl sites for hydroxylation is 1. The van der Waals surface area contributed by atoms with Crippen molar-refractivity contribution < 1.29 is 4.74 Å². The van der Waals surface area contributed by atoms with Crippen LogP contribution in [0.2, 0.25) is 0 Å². The van der Waals surface area contributed by atoms with Gasteiger partial charge in [0.2, 0.25) is 0 Å². The molecule has 1 N–H and O–H groups in total. The molecule has 0 spiro atoms. The van der Waals surface area contributed by atoms with Gasteiger partial charge in [0.1, 0.15) is 11.9 Å². The van der Waals surface area contributed by atoms with Crippen LogP contribution in [-0.4, -0.2) is 12.6 Å². The van der Waals surface area contributed by atoms with E-state index in [0.29, 0.717) is 0 Å². The number of hydrogen-bond acceptors (Lipinski definition) is 2. The van der Waals surface area contributed by atoms with E-state index in [1.807, 2.05) is 6.07 Å². The molecule has 19 heavy (non-hydrogen) atoms. The molecule has 2 nitrogen and oxygen atoms in total. The third kappa shape index (κ3) is 2.47. The molecule has 0 saturated heterocycles. The van der Waals surface area contributed by atoms with Crippen molar-refractivity contribution in [1.29, 1.82) is 0 Å². The summed E-state index contributed by atoms with van der Waals surface area (Å²) in [7, 11) is 0. The lowest BCUT2D eigenvalue weighted by Gasteiger charge is -2.25. The lowest BCUT2D eigenvalue weighted by atomic mass is 10.0. The number of fused-ring (bicyclic) bond motifs is 1. The van der Waals surface area contributed by atoms with Crippen LogP contribution in [0.15, 0.2) is 40.9 Å². The largest absolute Gasteiger partial charge is 0.487 e. The maximum Gasteiger partial charge on any atom is 0.142 e. The number of halogens is 1. The summed E-state index contributed by atoms with van der Waals surface area (Å²) in [6, 6.07) is 12.7. The summed E-state index contributed by atoms with van der Waals surface area (Å²) in [4.78, 5) is 0. The van der Waals surface area contributed by atoms with E-state index >= 15 is 0 Å². The van der Waals surface area contributed by atoms with E-state index in [4.69, 9.17) is 4.74 Å². The average molecular weight is 318 g/mol. The van der Waals surface area contributed by atoms with E-state index in [2.05, 4.69) is 65.4 Å². The van der Waals surface area contributed by atoms with Crippen molar-refractivity contribution in [3.05, 3.63) is 46.4 Å². The minimum Gasteiger partial charge on any atom is -0.487 e. The zero-order valence-electron chi connectivity index (χ0n) is 11.0. The summed E-state index contributed by atoms with van der Waals surface area (Å²) >= 11 is 3.59. The third-order valence-electron chi connectivity index (χ3n) is 3.39. The van der Waals surface area contributed by atoms with E-state index < -0.39 is 0 Å². The summed E-state index contributed by atoms with van der Waals surface area (Å²) in [5, 5.41) is 3.41. The molecule has 2 aromatic carbocycles. The first-order valence-corrected chi connectivity index (χ1v) is 7.24. The highest BCUT2D eigenvalue weighted by Gasteiger charge is 2.15. The lowest BCUT2D eigenvalue weighted by Crippen LogP contribution is -2.27. The summed E-state index contributed by atoms with van der Waals surface area (Å²) < 4.78 is 6.93. The van der Waals surface area contributed by atoms with Crippen LogP contribution in [-0.2, 0) is 0 Å². The Morgan fingerprint density at radius 2 is 1.89 bits per heavy atom. The molecule has 0 bridgehead atoms. The summed E-state index contributed by atoms with van der Waals surface area (Å²) in [5.41, 5.74) is 4.73. The average Bonchev–Trinajstić information content (AvgIpc) is 2.41. The number of nitrogens with one attached hydrogen (secondary N) is 1. The second-order valence-corrected chi connectivity index (χ2v) is 5.84. The maximum absolute atomic E-state index is 5.79. The molecule has 0 fully saturated rings. The summed E-state index contributed by atoms with van der Waals surface area (Å²) in [5.74, 6) is 0.939. The van der Waals surface area contributed by atoms with E-state index in [1.54, 1.807) is 0 Å². The zero-order valence-corrected chi connectivity index (χ0v) is 12.6. The van der Waals surface area contributed by atoms with Crippen molar-refractivity contribution in [3.8, 4) is 16.9 Å². The van der Waals surface area contributed by atoms with Gasteiger partial charge in [-0.25, -0.2) is 0 Å². The molecule has 0 aromatic heterocycles. The van der Waals surface area contributed by atoms with Crippen molar-refractivity contribution in [2.24, 2.45) is 0 Å². The molecule has 1 aliphatic rings. The predicted octanol–water partition coefficient (Wildman–Crippen LogP) is 4.62. The number of benzene rings is 2. The fourth-order valence-electron chi connectivity index (χ4n) is 2.23. The maximum atomic E-state index is 5.79. The van der Waals surface area contributed by atoms with Gasteiger partial charge in [-0.15, -0.1) is 0 Å². The molecule has 0 amide bonds. The highest BCUT2D eigenvalue weighted by atomic mass is 79.9. The highest BCUT2D eigenvalue weighted by Crippen LogP contribution is 2.34. The molecule has 0 aliphatic carbocycles. The second-order valence-electron chi connectivity index (χ2n) is 4.98. The van der Waals surface area contributed by atoms with Crippen LogP contribution in [0.4, 0.5) is 5.69 Å². The Morgan fingerprint density at radius 1 is 1.16 bits per heavy atom. The number of hydrogen-bond donors (Lipinski definition) is 1. The Kier molecular flexibility index (Phi) is 3.23. The van der Waals surface area contributed by atoms with Crippen molar-refractivity contribution in [3.63, 3.8) is 0 Å². The molecule has 2 aromatic rings. The Morgan fingerprint density at radius 3 is 2.68 bits per heavy atom. The first kappa shape index (κ1) is 12.5. The lowest BCUT2D eigenvalue weighted by molar-refractivity contribution is 0.226. The van der Waals surface area contributed by atoms with Crippen LogP contribution in [0.1, 0.15) is 12.5 Å². The van der Waals surface area contributed by atoms with Crippen molar-refractivity contribution >= 4 is 21.6 Å². The molecule has 0 radical (unpaired) electrons. The first-order chi connectivity index (χ1) is 9.13. The molecular weight excluding hydrogens is 302 g/mol. The third-order valence-corrected chi connectivity index (χ3v) is 4.25. The minimum absolute atomic E-state index is 0.229. The van der Waals surface area contributed by atoms with E-state index in [1.165, 1.54) is 16.7 Å². The van der Waals surface area contributed by atoms with Gasteiger partial charge in [0.05, 0.1) is 12.2 Å². The van der Waals surface area contributed by atoms with E-state index in [9.17, 15) is 0 Å². The normalized spacial score (nSPS) is 17.3. The summed E-state index contributed by atoms with van der Waals surface area (Å²) in [6.45, 7) is 5.02. The van der Waals surface area contributed by atoms with Gasteiger partial charge in [-0.3, -0.25) is 0 Å². The Hall–Kier alpha value is -1.48. The molecule has 1 unspecified atom stereocenters. The predicted molar refractivity (Wildman–Crippen MR) is 82.9 cm³/mol. The smallest absolute Gasteiger partial charge is 0.142 e. The number of ether oxygens (including phenoxy) is 1. The van der Waals surface area contributed by atoms with Gasteiger partial charge < -0.3 is 10.1 Å². The van der Waals surface area contributed by atoms with Gasteiger partial charge >= 0.3 is 0 Å². The van der Waals surface area contributed by atoms with Crippen LogP contribution in [0.5, 0.6) is 5.75 Å². The topological polar surface area (TPSA) is 21.3 Å². The Labute approximate surface area is 121 Å². The standard InChI is InChI=1S/C16H16BrNO/c1-10-3-4-12(7-14(10)17)13-5-6-16-15(8-13)18-9-11(2)19-16/h3-8,11,18H,9H2,1-2H3. The fraction of sp³-hybridized carbons (Fsp3) is 0.250. The number of rotatable bonds is 1. The SMILES string of the molecule is Cc1ccc(-c2ccc3c(c2)NCC(C)O3)cc1Br. The van der Waals surface area contributed by atoms with Crippen LogP contribution in [0.25, 0.3) is 11.1 Å². The molecule has 3 heteroatoms. The highest BCUT2D eigenvalue weighted by molar-refractivity contribution is 9.10.